The molecule has 1 unspecified atom stereocenters. The monoisotopic (exact) mass is 194 g/mol. The van der Waals surface area contributed by atoms with Crippen LogP contribution >= 0.6 is 0 Å². The van der Waals surface area contributed by atoms with E-state index in [-0.39, 0.29) is 24.3 Å². The van der Waals surface area contributed by atoms with Gasteiger partial charge in [-0.25, -0.2) is 8.42 Å². The van der Waals surface area contributed by atoms with E-state index < -0.39 is 21.9 Å². The van der Waals surface area contributed by atoms with Crippen LogP contribution in [-0.4, -0.2) is 32.9 Å². The predicted octanol–water partition coefficient (Wildman–Crippen LogP) is 0.350. The summed E-state index contributed by atoms with van der Waals surface area (Å²) in [5.41, 5.74) is -0.923. The molecule has 0 aromatic heterocycles. The van der Waals surface area contributed by atoms with Gasteiger partial charge in [0.25, 0.3) is 0 Å². The number of rotatable bonds is 3. The molecule has 0 N–H and O–H groups in total. The summed E-state index contributed by atoms with van der Waals surface area (Å²) in [5.74, 6) is -0.154. The third kappa shape index (κ3) is 1.83. The number of carbonyl (C=O) groups excluding carboxylic acids is 1. The number of carbonyl (C=O) groups is 1. The predicted molar refractivity (Wildman–Crippen MR) is 42.4 cm³/mol. The van der Waals surface area contributed by atoms with Crippen molar-refractivity contribution in [2.24, 2.45) is 5.41 Å². The largest absolute Gasteiger partial charge is 0.303 e. The molecule has 3 nitrogen and oxygen atoms in total. The highest BCUT2D eigenvalue weighted by Crippen LogP contribution is 2.33. The molecule has 0 amide bonds. The number of halogens is 1. The zero-order valence-corrected chi connectivity index (χ0v) is 7.44. The molecule has 70 valence electrons. The number of alkyl halides is 1. The van der Waals surface area contributed by atoms with Crippen molar-refractivity contribution in [2.75, 3.05) is 18.2 Å². The highest BCUT2D eigenvalue weighted by atomic mass is 32.2. The maximum absolute atomic E-state index is 12.0. The second-order valence-corrected chi connectivity index (χ2v) is 5.45. The summed E-state index contributed by atoms with van der Waals surface area (Å²) in [6, 6.07) is 0. The lowest BCUT2D eigenvalue weighted by Gasteiger charge is -2.17. The van der Waals surface area contributed by atoms with Gasteiger partial charge in [-0.15, -0.1) is 0 Å². The number of aldehydes is 1. The van der Waals surface area contributed by atoms with Crippen molar-refractivity contribution in [1.29, 1.82) is 0 Å². The van der Waals surface area contributed by atoms with Gasteiger partial charge in [0.1, 0.15) is 6.29 Å². The standard InChI is InChI=1S/C7H11FO3S/c8-3-1-7(5-9)2-4-12(10,11)6-7/h5H,1-4,6H2. The van der Waals surface area contributed by atoms with E-state index >= 15 is 0 Å². The first-order valence-electron chi connectivity index (χ1n) is 3.76. The molecule has 12 heavy (non-hydrogen) atoms. The fourth-order valence-electron chi connectivity index (χ4n) is 1.48. The summed E-state index contributed by atoms with van der Waals surface area (Å²) in [7, 11) is -3.09. The van der Waals surface area contributed by atoms with Crippen molar-refractivity contribution < 1.29 is 17.6 Å². The van der Waals surface area contributed by atoms with E-state index in [0.717, 1.165) is 0 Å². The van der Waals surface area contributed by atoms with Crippen molar-refractivity contribution in [1.82, 2.24) is 0 Å². The molecule has 0 saturated carbocycles. The van der Waals surface area contributed by atoms with Gasteiger partial charge in [0, 0.05) is 5.41 Å². The van der Waals surface area contributed by atoms with Crippen LogP contribution in [0.25, 0.3) is 0 Å². The molecule has 1 atom stereocenters. The van der Waals surface area contributed by atoms with Gasteiger partial charge in [-0.05, 0) is 12.8 Å². The van der Waals surface area contributed by atoms with Crippen LogP contribution in [0, 0.1) is 5.41 Å². The Kier molecular flexibility index (Phi) is 2.51. The van der Waals surface area contributed by atoms with Crippen LogP contribution in [-0.2, 0) is 14.6 Å². The fraction of sp³-hybridized carbons (Fsp3) is 0.857. The van der Waals surface area contributed by atoms with E-state index in [2.05, 4.69) is 0 Å². The molecule has 0 spiro atoms. The van der Waals surface area contributed by atoms with Gasteiger partial charge in [0.2, 0.25) is 0 Å². The first kappa shape index (κ1) is 9.64. The maximum atomic E-state index is 12.0. The lowest BCUT2D eigenvalue weighted by molar-refractivity contribution is -0.115. The van der Waals surface area contributed by atoms with Crippen LogP contribution in [0.2, 0.25) is 0 Å². The molecule has 1 aliphatic heterocycles. The quantitative estimate of drug-likeness (QED) is 0.609. The second-order valence-electron chi connectivity index (χ2n) is 3.26. The fourth-order valence-corrected chi connectivity index (χ4v) is 3.57. The van der Waals surface area contributed by atoms with Gasteiger partial charge in [-0.1, -0.05) is 0 Å². The van der Waals surface area contributed by atoms with E-state index in [0.29, 0.717) is 6.29 Å². The summed E-state index contributed by atoms with van der Waals surface area (Å²) in [4.78, 5) is 10.6. The zero-order chi connectivity index (χ0) is 9.24. The third-order valence-corrected chi connectivity index (χ3v) is 4.10. The molecule has 0 radical (unpaired) electrons. The van der Waals surface area contributed by atoms with E-state index in [1.165, 1.54) is 0 Å². The SMILES string of the molecule is O=CC1(CCF)CCS(=O)(=O)C1. The summed E-state index contributed by atoms with van der Waals surface area (Å²) in [5, 5.41) is 0. The lowest BCUT2D eigenvalue weighted by Crippen LogP contribution is -2.24. The van der Waals surface area contributed by atoms with Gasteiger partial charge in [-0.2, -0.15) is 0 Å². The van der Waals surface area contributed by atoms with E-state index in [9.17, 15) is 17.6 Å². The Morgan fingerprint density at radius 1 is 1.50 bits per heavy atom. The van der Waals surface area contributed by atoms with Crippen LogP contribution in [0.1, 0.15) is 12.8 Å². The van der Waals surface area contributed by atoms with Crippen molar-refractivity contribution in [3.63, 3.8) is 0 Å². The molecular weight excluding hydrogens is 183 g/mol. The maximum Gasteiger partial charge on any atom is 0.151 e. The summed E-state index contributed by atoms with van der Waals surface area (Å²) >= 11 is 0. The first-order valence-corrected chi connectivity index (χ1v) is 5.58. The molecule has 5 heteroatoms. The highest BCUT2D eigenvalue weighted by molar-refractivity contribution is 7.91. The molecule has 0 aromatic rings. The summed E-state index contributed by atoms with van der Waals surface area (Å²) in [6.45, 7) is -0.631. The van der Waals surface area contributed by atoms with Crippen LogP contribution in [0.3, 0.4) is 0 Å². The number of hydrogen-bond acceptors (Lipinski definition) is 3. The minimum Gasteiger partial charge on any atom is -0.303 e. The molecule has 1 heterocycles. The van der Waals surface area contributed by atoms with Gasteiger partial charge in [0.15, 0.2) is 9.84 Å². The van der Waals surface area contributed by atoms with Gasteiger partial charge < -0.3 is 4.79 Å². The summed E-state index contributed by atoms with van der Waals surface area (Å²) in [6.07, 6.45) is 0.912. The highest BCUT2D eigenvalue weighted by Gasteiger charge is 2.41. The molecular formula is C7H11FO3S. The topological polar surface area (TPSA) is 51.2 Å². The Balaban J connectivity index is 2.79. The molecule has 1 rings (SSSR count). The zero-order valence-electron chi connectivity index (χ0n) is 6.62. The smallest absolute Gasteiger partial charge is 0.151 e. The van der Waals surface area contributed by atoms with Crippen LogP contribution < -0.4 is 0 Å². The lowest BCUT2D eigenvalue weighted by atomic mass is 9.86. The van der Waals surface area contributed by atoms with Crippen LogP contribution in [0.5, 0.6) is 0 Å². The Labute approximate surface area is 70.9 Å². The van der Waals surface area contributed by atoms with Gasteiger partial charge in [0.05, 0.1) is 18.2 Å². The van der Waals surface area contributed by atoms with E-state index in [1.54, 1.807) is 0 Å². The third-order valence-electron chi connectivity index (χ3n) is 2.26. The molecule has 0 aromatic carbocycles. The van der Waals surface area contributed by atoms with Gasteiger partial charge >= 0.3 is 0 Å². The van der Waals surface area contributed by atoms with Gasteiger partial charge in [-0.3, -0.25) is 4.39 Å². The first-order chi connectivity index (χ1) is 5.54. The number of hydrogen-bond donors (Lipinski definition) is 0. The van der Waals surface area contributed by atoms with E-state index in [4.69, 9.17) is 0 Å². The van der Waals surface area contributed by atoms with Crippen molar-refractivity contribution in [3.05, 3.63) is 0 Å². The minimum atomic E-state index is -3.09. The second kappa shape index (κ2) is 3.12. The van der Waals surface area contributed by atoms with E-state index in [1.807, 2.05) is 0 Å². The van der Waals surface area contributed by atoms with Crippen molar-refractivity contribution in [2.45, 2.75) is 12.8 Å². The Bertz CT molecular complexity index is 272. The molecule has 1 fully saturated rings. The molecule has 0 bridgehead atoms. The van der Waals surface area contributed by atoms with Crippen molar-refractivity contribution >= 4 is 16.1 Å². The molecule has 1 aliphatic rings. The van der Waals surface area contributed by atoms with Crippen LogP contribution in [0.15, 0.2) is 0 Å². The number of sulfone groups is 1. The average Bonchev–Trinajstić information content (AvgIpc) is 2.29. The Morgan fingerprint density at radius 2 is 2.17 bits per heavy atom. The Morgan fingerprint density at radius 3 is 2.50 bits per heavy atom. The molecule has 1 saturated heterocycles. The molecule has 0 aliphatic carbocycles. The summed E-state index contributed by atoms with van der Waals surface area (Å²) < 4.78 is 34.0. The Hall–Kier alpha value is -0.450. The van der Waals surface area contributed by atoms with Crippen molar-refractivity contribution in [3.8, 4) is 0 Å². The normalized spacial score (nSPS) is 33.4. The minimum absolute atomic E-state index is 0.0196. The average molecular weight is 194 g/mol. The van der Waals surface area contributed by atoms with Crippen LogP contribution in [0.4, 0.5) is 4.39 Å².